The van der Waals surface area contributed by atoms with Gasteiger partial charge in [0.25, 0.3) is 0 Å². The summed E-state index contributed by atoms with van der Waals surface area (Å²) in [5.41, 5.74) is 1.28. The van der Waals surface area contributed by atoms with Crippen LogP contribution >= 0.6 is 23.2 Å². The molecule has 1 heterocycles. The Balaban J connectivity index is 2.59. The first kappa shape index (κ1) is 12.7. The van der Waals surface area contributed by atoms with Crippen molar-refractivity contribution >= 4 is 29.2 Å². The fourth-order valence-corrected chi connectivity index (χ4v) is 1.97. The number of methoxy groups -OCH3 is 1. The molecule has 0 saturated heterocycles. The lowest BCUT2D eigenvalue weighted by Gasteiger charge is -2.07. The number of esters is 1. The van der Waals surface area contributed by atoms with E-state index in [4.69, 9.17) is 23.2 Å². The molecule has 0 atom stereocenters. The van der Waals surface area contributed by atoms with E-state index >= 15 is 0 Å². The van der Waals surface area contributed by atoms with Crippen LogP contribution in [0.25, 0.3) is 11.3 Å². The van der Waals surface area contributed by atoms with Gasteiger partial charge in [0.05, 0.1) is 22.7 Å². The molecule has 0 fully saturated rings. The van der Waals surface area contributed by atoms with Gasteiger partial charge in [0, 0.05) is 17.8 Å². The summed E-state index contributed by atoms with van der Waals surface area (Å²) in [7, 11) is 1.29. The molecule has 0 aliphatic rings. The maximum atomic E-state index is 11.5. The van der Waals surface area contributed by atoms with Gasteiger partial charge in [-0.05, 0) is 18.2 Å². The van der Waals surface area contributed by atoms with Gasteiger partial charge < -0.3 is 4.74 Å². The Labute approximate surface area is 114 Å². The largest absolute Gasteiger partial charge is 0.465 e. The maximum Gasteiger partial charge on any atom is 0.339 e. The van der Waals surface area contributed by atoms with Crippen molar-refractivity contribution in [3.63, 3.8) is 0 Å². The number of halogens is 2. The highest BCUT2D eigenvalue weighted by Gasteiger charge is 2.15. The second-order valence-corrected chi connectivity index (χ2v) is 4.18. The SMILES string of the molecule is COC(=O)c1cc(-c2c#cccn2)c(Cl)cc1Cl. The Hall–Kier alpha value is -1.76. The van der Waals surface area contributed by atoms with Gasteiger partial charge in [-0.15, -0.1) is 0 Å². The molecule has 1 aromatic carbocycles. The number of nitrogens with zero attached hydrogens (tertiary/aromatic N) is 1. The van der Waals surface area contributed by atoms with Gasteiger partial charge >= 0.3 is 5.97 Å². The van der Waals surface area contributed by atoms with Gasteiger partial charge in [-0.25, -0.2) is 9.78 Å². The first-order valence-corrected chi connectivity index (χ1v) is 5.71. The molecule has 2 rings (SSSR count). The zero-order valence-electron chi connectivity index (χ0n) is 9.33. The van der Waals surface area contributed by atoms with Crippen LogP contribution in [0.5, 0.6) is 0 Å². The lowest BCUT2D eigenvalue weighted by molar-refractivity contribution is 0.0601. The number of hydrogen-bond donors (Lipinski definition) is 0. The van der Waals surface area contributed by atoms with Crippen LogP contribution in [0.15, 0.2) is 24.4 Å². The third-order valence-corrected chi connectivity index (χ3v) is 2.89. The number of aromatic nitrogens is 1. The summed E-state index contributed by atoms with van der Waals surface area (Å²) in [5.74, 6) is -0.530. The van der Waals surface area contributed by atoms with Crippen molar-refractivity contribution in [3.8, 4) is 11.3 Å². The Morgan fingerprint density at radius 3 is 2.72 bits per heavy atom. The van der Waals surface area contributed by atoms with Crippen LogP contribution in [-0.4, -0.2) is 18.1 Å². The summed E-state index contributed by atoms with van der Waals surface area (Å²) in [5, 5.41) is 0.617. The van der Waals surface area contributed by atoms with E-state index in [0.717, 1.165) is 0 Å². The van der Waals surface area contributed by atoms with Crippen molar-refractivity contribution in [2.75, 3.05) is 7.11 Å². The topological polar surface area (TPSA) is 39.2 Å². The minimum atomic E-state index is -0.530. The molecule has 5 heteroatoms. The van der Waals surface area contributed by atoms with E-state index in [2.05, 4.69) is 21.9 Å². The van der Waals surface area contributed by atoms with Crippen LogP contribution < -0.4 is 0 Å². The molecule has 3 nitrogen and oxygen atoms in total. The molecule has 0 aliphatic carbocycles. The van der Waals surface area contributed by atoms with E-state index in [1.165, 1.54) is 19.2 Å². The zero-order valence-corrected chi connectivity index (χ0v) is 10.8. The van der Waals surface area contributed by atoms with E-state index in [9.17, 15) is 4.79 Å². The Morgan fingerprint density at radius 1 is 1.33 bits per heavy atom. The second-order valence-electron chi connectivity index (χ2n) is 3.37. The van der Waals surface area contributed by atoms with Gasteiger partial charge in [0.1, 0.15) is 5.69 Å². The molecule has 90 valence electrons. The van der Waals surface area contributed by atoms with Gasteiger partial charge in [-0.1, -0.05) is 29.3 Å². The van der Waals surface area contributed by atoms with Crippen molar-refractivity contribution in [1.29, 1.82) is 0 Å². The van der Waals surface area contributed by atoms with Crippen LogP contribution in [0.4, 0.5) is 0 Å². The highest BCUT2D eigenvalue weighted by molar-refractivity contribution is 6.38. The lowest BCUT2D eigenvalue weighted by Crippen LogP contribution is -2.02. The van der Waals surface area contributed by atoms with Crippen molar-refractivity contribution in [2.24, 2.45) is 0 Å². The quantitative estimate of drug-likeness (QED) is 0.791. The van der Waals surface area contributed by atoms with Crippen LogP contribution in [0.2, 0.25) is 10.0 Å². The highest BCUT2D eigenvalue weighted by Crippen LogP contribution is 2.31. The molecule has 18 heavy (non-hydrogen) atoms. The number of benzene rings is 1. The fourth-order valence-electron chi connectivity index (χ4n) is 1.43. The third kappa shape index (κ3) is 2.40. The van der Waals surface area contributed by atoms with Gasteiger partial charge in [-0.2, -0.15) is 0 Å². The number of rotatable bonds is 2. The van der Waals surface area contributed by atoms with E-state index in [-0.39, 0.29) is 10.6 Å². The van der Waals surface area contributed by atoms with Crippen molar-refractivity contribution in [3.05, 3.63) is 52.1 Å². The fraction of sp³-hybridized carbons (Fsp3) is 0.0769. The number of ether oxygens (including phenoxy) is 1. The van der Waals surface area contributed by atoms with E-state index in [0.29, 0.717) is 16.3 Å². The summed E-state index contributed by atoms with van der Waals surface area (Å²) in [6, 6.07) is 10.2. The predicted molar refractivity (Wildman–Crippen MR) is 68.7 cm³/mol. The molecule has 0 spiro atoms. The average Bonchev–Trinajstić information content (AvgIpc) is 2.39. The predicted octanol–water partition coefficient (Wildman–Crippen LogP) is 3.44. The normalized spacial score (nSPS) is 9.72. The molecule has 2 aromatic rings. The Bertz CT molecular complexity index is 585. The first-order chi connectivity index (χ1) is 8.63. The lowest BCUT2D eigenvalue weighted by atomic mass is 10.1. The number of carbonyl (C=O) groups is 1. The standard InChI is InChI=1S/C13H7Cl2NO2/c1-18-13(17)9-6-8(10(14)7-11(9)15)12-4-2-3-5-16-12/h3,5-7H,1H3. The van der Waals surface area contributed by atoms with Crippen molar-refractivity contribution < 1.29 is 9.53 Å². The smallest absolute Gasteiger partial charge is 0.339 e. The number of hydrogen-bond acceptors (Lipinski definition) is 3. The van der Waals surface area contributed by atoms with Crippen LogP contribution in [0.1, 0.15) is 10.4 Å². The summed E-state index contributed by atoms with van der Waals surface area (Å²) in [6.07, 6.45) is 1.56. The van der Waals surface area contributed by atoms with Gasteiger partial charge in [-0.3, -0.25) is 0 Å². The molecule has 1 aromatic heterocycles. The molecule has 0 aliphatic heterocycles. The minimum absolute atomic E-state index is 0.232. The summed E-state index contributed by atoms with van der Waals surface area (Å²) < 4.78 is 4.64. The molecular weight excluding hydrogens is 273 g/mol. The number of carbonyl (C=O) groups excluding carboxylic acids is 1. The third-order valence-electron chi connectivity index (χ3n) is 2.27. The first-order valence-electron chi connectivity index (χ1n) is 4.95. The van der Waals surface area contributed by atoms with E-state index in [1.807, 2.05) is 0 Å². The van der Waals surface area contributed by atoms with Gasteiger partial charge in [0.15, 0.2) is 0 Å². The molecule has 0 radical (unpaired) electrons. The van der Waals surface area contributed by atoms with Crippen LogP contribution in [-0.2, 0) is 4.74 Å². The van der Waals surface area contributed by atoms with E-state index in [1.54, 1.807) is 12.3 Å². The Kier molecular flexibility index (Phi) is 3.71. The molecule has 0 amide bonds. The monoisotopic (exact) mass is 279 g/mol. The van der Waals surface area contributed by atoms with Crippen LogP contribution in [0, 0.1) is 12.1 Å². The highest BCUT2D eigenvalue weighted by atomic mass is 35.5. The second kappa shape index (κ2) is 5.26. The summed E-state index contributed by atoms with van der Waals surface area (Å²) in [4.78, 5) is 15.6. The van der Waals surface area contributed by atoms with Crippen LogP contribution in [0.3, 0.4) is 0 Å². The Morgan fingerprint density at radius 2 is 2.11 bits per heavy atom. The minimum Gasteiger partial charge on any atom is -0.465 e. The summed E-state index contributed by atoms with van der Waals surface area (Å²) >= 11 is 12.0. The van der Waals surface area contributed by atoms with Crippen molar-refractivity contribution in [2.45, 2.75) is 0 Å². The van der Waals surface area contributed by atoms with E-state index < -0.39 is 5.97 Å². The zero-order chi connectivity index (χ0) is 13.1. The molecule has 0 N–H and O–H groups in total. The van der Waals surface area contributed by atoms with Crippen molar-refractivity contribution in [1.82, 2.24) is 4.98 Å². The summed E-state index contributed by atoms with van der Waals surface area (Å²) in [6.45, 7) is 0. The maximum absolute atomic E-state index is 11.5. The molecule has 0 saturated carbocycles. The average molecular weight is 280 g/mol. The van der Waals surface area contributed by atoms with Gasteiger partial charge in [0.2, 0.25) is 0 Å². The molecular formula is C13H7Cl2NO2. The molecule has 0 unspecified atom stereocenters. The molecule has 0 bridgehead atoms.